The van der Waals surface area contributed by atoms with E-state index < -0.39 is 0 Å². The normalized spacial score (nSPS) is 9.09. The van der Waals surface area contributed by atoms with E-state index in [4.69, 9.17) is 0 Å². The van der Waals surface area contributed by atoms with Gasteiger partial charge in [-0.25, -0.2) is 0 Å². The molecule has 0 aliphatic carbocycles. The molecule has 2 heterocycles. The van der Waals surface area contributed by atoms with Crippen LogP contribution in [-0.2, 0) is 21.1 Å². The zero-order valence-corrected chi connectivity index (χ0v) is 10.2. The second-order valence-electron chi connectivity index (χ2n) is 1.89. The van der Waals surface area contributed by atoms with E-state index in [9.17, 15) is 0 Å². The van der Waals surface area contributed by atoms with E-state index in [0.29, 0.717) is 0 Å². The molecule has 0 N–H and O–H groups in total. The Morgan fingerprint density at radius 1 is 1.18 bits per heavy atom. The maximum atomic E-state index is 3.07. The van der Waals surface area contributed by atoms with E-state index >= 15 is 0 Å². The summed E-state index contributed by atoms with van der Waals surface area (Å²) in [4.78, 5) is 2.65. The summed E-state index contributed by atoms with van der Waals surface area (Å²) in [6, 6.07) is 8.25. The Morgan fingerprint density at radius 2 is 2.09 bits per heavy atom. The largest absolute Gasteiger partial charge is 0.295 e. The van der Waals surface area contributed by atoms with Gasteiger partial charge in [-0.2, -0.15) is 23.5 Å². The minimum Gasteiger partial charge on any atom is -0.295 e. The van der Waals surface area contributed by atoms with Crippen LogP contribution in [0.4, 0.5) is 0 Å². The van der Waals surface area contributed by atoms with Gasteiger partial charge >= 0.3 is 0 Å². The summed E-state index contributed by atoms with van der Waals surface area (Å²) in [5, 5.41) is 5.16. The number of hydrogen-bond acceptors (Lipinski definition) is 2. The van der Waals surface area contributed by atoms with Gasteiger partial charge in [0.05, 0.1) is 0 Å². The Balaban J connectivity index is 0.000000605. The van der Waals surface area contributed by atoms with Crippen molar-refractivity contribution >= 4 is 22.7 Å². The number of thiophene rings is 2. The molecule has 0 radical (unpaired) electrons. The summed E-state index contributed by atoms with van der Waals surface area (Å²) >= 11 is 3.44. The molecule has 2 aromatic rings. The van der Waals surface area contributed by atoms with Crippen molar-refractivity contribution in [3.05, 3.63) is 35.0 Å². The van der Waals surface area contributed by atoms with Gasteiger partial charge in [0.2, 0.25) is 0 Å². The van der Waals surface area contributed by atoms with Gasteiger partial charge < -0.3 is 0 Å². The second kappa shape index (κ2) is 4.20. The molecule has 0 unspecified atom stereocenters. The molecule has 0 aliphatic heterocycles. The molecule has 2 rings (SSSR count). The molecule has 56 valence electrons. The minimum absolute atomic E-state index is 0. The van der Waals surface area contributed by atoms with Gasteiger partial charge in [-0.15, -0.1) is 10.3 Å². The van der Waals surface area contributed by atoms with Gasteiger partial charge in [-0.3, -0.25) is 11.3 Å². The number of rotatable bonds is 1. The van der Waals surface area contributed by atoms with Gasteiger partial charge in [-0.1, -0.05) is 12.1 Å². The monoisotopic (exact) mass is 349 g/mol. The van der Waals surface area contributed by atoms with Crippen molar-refractivity contribution in [2.24, 2.45) is 0 Å². The van der Waals surface area contributed by atoms with Crippen LogP contribution in [0.3, 0.4) is 0 Å². The molecule has 3 heteroatoms. The minimum atomic E-state index is 0. The first-order chi connectivity index (χ1) is 4.97. The fourth-order valence-corrected chi connectivity index (χ4v) is 2.27. The first kappa shape index (κ1) is 9.18. The predicted molar refractivity (Wildman–Crippen MR) is 46.5 cm³/mol. The molecule has 0 aromatic carbocycles. The summed E-state index contributed by atoms with van der Waals surface area (Å²) in [5.41, 5.74) is 0. The van der Waals surface area contributed by atoms with E-state index in [2.05, 4.69) is 29.0 Å². The van der Waals surface area contributed by atoms with E-state index in [-0.39, 0.29) is 21.1 Å². The van der Waals surface area contributed by atoms with E-state index in [1.165, 1.54) is 9.75 Å². The molecule has 0 nitrogen and oxygen atoms in total. The SMILES string of the molecule is [W].[c-]1ccc(-c2cccs2)s1. The van der Waals surface area contributed by atoms with Crippen molar-refractivity contribution < 1.29 is 21.1 Å². The average Bonchev–Trinajstić information content (AvgIpc) is 2.59. The van der Waals surface area contributed by atoms with Crippen LogP contribution in [0.25, 0.3) is 9.75 Å². The van der Waals surface area contributed by atoms with Crippen LogP contribution < -0.4 is 0 Å². The van der Waals surface area contributed by atoms with Crippen LogP contribution >= 0.6 is 22.7 Å². The third-order valence-corrected chi connectivity index (χ3v) is 3.10. The Morgan fingerprint density at radius 3 is 2.64 bits per heavy atom. The van der Waals surface area contributed by atoms with Crippen LogP contribution in [0.15, 0.2) is 29.6 Å². The second-order valence-corrected chi connectivity index (χ2v) is 3.72. The van der Waals surface area contributed by atoms with Crippen molar-refractivity contribution in [1.29, 1.82) is 0 Å². The fourth-order valence-electron chi connectivity index (χ4n) is 0.792. The van der Waals surface area contributed by atoms with Crippen molar-refractivity contribution in [3.63, 3.8) is 0 Å². The van der Waals surface area contributed by atoms with Crippen LogP contribution in [0.1, 0.15) is 0 Å². The number of hydrogen-bond donors (Lipinski definition) is 0. The zero-order valence-electron chi connectivity index (χ0n) is 5.61. The van der Waals surface area contributed by atoms with Gasteiger partial charge in [0.1, 0.15) is 0 Å². The van der Waals surface area contributed by atoms with E-state index in [1.807, 2.05) is 6.07 Å². The zero-order chi connectivity index (χ0) is 6.81. The molecule has 0 amide bonds. The summed E-state index contributed by atoms with van der Waals surface area (Å²) in [6.07, 6.45) is 0. The Labute approximate surface area is 88.2 Å². The van der Waals surface area contributed by atoms with Crippen molar-refractivity contribution in [2.75, 3.05) is 0 Å². The van der Waals surface area contributed by atoms with Gasteiger partial charge in [0.25, 0.3) is 0 Å². The van der Waals surface area contributed by atoms with Crippen LogP contribution in [0.5, 0.6) is 0 Å². The summed E-state index contributed by atoms with van der Waals surface area (Å²) in [7, 11) is 0. The maximum absolute atomic E-state index is 3.07. The molecule has 0 aliphatic rings. The maximum Gasteiger partial charge on any atom is 0 e. The molecule has 2 aromatic heterocycles. The molecular weight excluding hydrogens is 344 g/mol. The molecule has 0 saturated heterocycles. The summed E-state index contributed by atoms with van der Waals surface area (Å²) < 4.78 is 0. The van der Waals surface area contributed by atoms with Crippen molar-refractivity contribution in [3.8, 4) is 9.75 Å². The molecule has 0 fully saturated rings. The van der Waals surface area contributed by atoms with Crippen LogP contribution in [0, 0.1) is 5.38 Å². The van der Waals surface area contributed by atoms with Crippen LogP contribution in [0.2, 0.25) is 0 Å². The third kappa shape index (κ3) is 2.02. The third-order valence-electron chi connectivity index (χ3n) is 1.24. The fraction of sp³-hybridized carbons (Fsp3) is 0. The quantitative estimate of drug-likeness (QED) is 0.694. The molecular formula is C8H5S2W-. The van der Waals surface area contributed by atoms with Gasteiger partial charge in [-0.05, 0) is 10.3 Å². The van der Waals surface area contributed by atoms with Gasteiger partial charge in [0.15, 0.2) is 0 Å². The first-order valence-electron chi connectivity index (χ1n) is 2.96. The Hall–Kier alpha value is 0.0883. The molecule has 11 heavy (non-hydrogen) atoms. The average molecular weight is 349 g/mol. The standard InChI is InChI=1S/C8H5S2.W/c1-3-7(9-5-1)8-4-2-6-10-8;/h1-5H;/q-1;. The van der Waals surface area contributed by atoms with Crippen molar-refractivity contribution in [2.45, 2.75) is 0 Å². The smallest absolute Gasteiger partial charge is 0 e. The Kier molecular flexibility index (Phi) is 3.50. The first-order valence-corrected chi connectivity index (χ1v) is 4.66. The predicted octanol–water partition coefficient (Wildman–Crippen LogP) is 3.27. The molecule has 0 atom stereocenters. The summed E-state index contributed by atoms with van der Waals surface area (Å²) in [5.74, 6) is 0. The van der Waals surface area contributed by atoms with Gasteiger partial charge in [0, 0.05) is 21.1 Å². The summed E-state index contributed by atoms with van der Waals surface area (Å²) in [6.45, 7) is 0. The molecule has 0 saturated carbocycles. The van der Waals surface area contributed by atoms with Crippen molar-refractivity contribution in [1.82, 2.24) is 0 Å². The van der Waals surface area contributed by atoms with E-state index in [1.54, 1.807) is 22.7 Å². The Bertz CT molecular complexity index is 252. The molecule has 0 bridgehead atoms. The van der Waals surface area contributed by atoms with E-state index in [0.717, 1.165) is 0 Å². The molecule has 0 spiro atoms. The topological polar surface area (TPSA) is 0 Å². The van der Waals surface area contributed by atoms with Crippen LogP contribution in [-0.4, -0.2) is 0 Å².